The molecule has 0 spiro atoms. The summed E-state index contributed by atoms with van der Waals surface area (Å²) in [6.45, 7) is 0. The van der Waals surface area contributed by atoms with E-state index in [-0.39, 0.29) is 0 Å². The highest BCUT2D eigenvalue weighted by atomic mass is 32.2. The summed E-state index contributed by atoms with van der Waals surface area (Å²) in [5.74, 6) is 3.81. The minimum atomic E-state index is 0.547. The van der Waals surface area contributed by atoms with Gasteiger partial charge < -0.3 is 28.8 Å². The average molecular weight is 531 g/mol. The van der Waals surface area contributed by atoms with Gasteiger partial charge in [0.05, 0.1) is 32.4 Å². The Hall–Kier alpha value is -4.38. The lowest BCUT2D eigenvalue weighted by atomic mass is 10.1. The molecule has 194 valence electrons. The van der Waals surface area contributed by atoms with Gasteiger partial charge in [-0.05, 0) is 54.6 Å². The second-order valence-corrected chi connectivity index (χ2v) is 9.66. The molecule has 0 radical (unpaired) electrons. The number of hydrogen-bond donors (Lipinski definition) is 3. The van der Waals surface area contributed by atoms with E-state index < -0.39 is 0 Å². The molecule has 1 aliphatic rings. The number of ether oxygens (including phenoxy) is 3. The summed E-state index contributed by atoms with van der Waals surface area (Å²) in [5.41, 5.74) is 4.38. The Morgan fingerprint density at radius 3 is 2.45 bits per heavy atom. The van der Waals surface area contributed by atoms with Crippen molar-refractivity contribution >= 4 is 40.2 Å². The molecule has 0 unspecified atom stereocenters. The molecule has 10 nitrogen and oxygen atoms in total. The molecule has 1 aliphatic carbocycles. The van der Waals surface area contributed by atoms with E-state index in [0.717, 1.165) is 38.6 Å². The zero-order valence-corrected chi connectivity index (χ0v) is 21.9. The van der Waals surface area contributed by atoms with Crippen LogP contribution in [0, 0.1) is 0 Å². The summed E-state index contributed by atoms with van der Waals surface area (Å²) in [7, 11) is 4.88. The Labute approximate surface area is 223 Å². The normalized spacial score (nSPS) is 12.9. The first kappa shape index (κ1) is 24.0. The van der Waals surface area contributed by atoms with Gasteiger partial charge in [0.2, 0.25) is 0 Å². The van der Waals surface area contributed by atoms with Crippen LogP contribution in [0.4, 0.5) is 17.3 Å². The lowest BCUT2D eigenvalue weighted by molar-refractivity contribution is 0.377. The van der Waals surface area contributed by atoms with E-state index in [1.165, 1.54) is 24.8 Å². The van der Waals surface area contributed by atoms with E-state index >= 15 is 0 Å². The predicted octanol–water partition coefficient (Wildman–Crippen LogP) is 6.38. The van der Waals surface area contributed by atoms with Gasteiger partial charge in [0.1, 0.15) is 22.1 Å². The summed E-state index contributed by atoms with van der Waals surface area (Å²) in [4.78, 5) is 4.98. The van der Waals surface area contributed by atoms with E-state index in [1.54, 1.807) is 33.7 Å². The number of rotatable bonds is 10. The first-order valence-electron chi connectivity index (χ1n) is 12.1. The smallest absolute Gasteiger partial charge is 0.187 e. The fourth-order valence-corrected chi connectivity index (χ4v) is 5.06. The Morgan fingerprint density at radius 2 is 1.76 bits per heavy atom. The maximum absolute atomic E-state index is 5.69. The third kappa shape index (κ3) is 4.68. The molecule has 1 saturated carbocycles. The van der Waals surface area contributed by atoms with Gasteiger partial charge in [-0.2, -0.15) is 5.10 Å². The number of aromatic nitrogens is 4. The summed E-state index contributed by atoms with van der Waals surface area (Å²) in [6, 6.07) is 13.6. The maximum Gasteiger partial charge on any atom is 0.187 e. The van der Waals surface area contributed by atoms with Crippen molar-refractivity contribution in [2.45, 2.75) is 23.7 Å². The van der Waals surface area contributed by atoms with Gasteiger partial charge in [0.25, 0.3) is 0 Å². The maximum atomic E-state index is 5.69. The van der Waals surface area contributed by atoms with Crippen LogP contribution >= 0.6 is 11.9 Å². The van der Waals surface area contributed by atoms with Crippen LogP contribution in [0.15, 0.2) is 64.3 Å². The van der Waals surface area contributed by atoms with Gasteiger partial charge in [-0.25, -0.2) is 0 Å². The molecule has 1 fully saturated rings. The fraction of sp³-hybridized carbons (Fsp3) is 0.222. The minimum absolute atomic E-state index is 0.547. The second kappa shape index (κ2) is 10.2. The zero-order chi connectivity index (χ0) is 26.1. The molecular formula is C27H26N6O4S. The largest absolute Gasteiger partial charge is 0.495 e. The molecule has 3 N–H and O–H groups in total. The number of H-pyrrole nitrogens is 1. The van der Waals surface area contributed by atoms with Gasteiger partial charge in [-0.3, -0.25) is 10.1 Å². The summed E-state index contributed by atoms with van der Waals surface area (Å²) in [6.07, 6.45) is 5.95. The highest BCUT2D eigenvalue weighted by Gasteiger charge is 2.26. The van der Waals surface area contributed by atoms with Crippen LogP contribution in [-0.4, -0.2) is 41.7 Å². The van der Waals surface area contributed by atoms with E-state index in [2.05, 4.69) is 30.4 Å². The number of nitrogens with zero attached hydrogens (tertiary/aromatic N) is 3. The van der Waals surface area contributed by atoms with Gasteiger partial charge in [0, 0.05) is 41.7 Å². The molecule has 0 aliphatic heterocycles. The molecule has 0 atom stereocenters. The van der Waals surface area contributed by atoms with E-state index in [9.17, 15) is 0 Å². The first-order chi connectivity index (χ1) is 18.7. The number of fused-ring (bicyclic) bond motifs is 1. The Morgan fingerprint density at radius 1 is 0.974 bits per heavy atom. The number of nitrogens with one attached hydrogen (secondary N) is 3. The second-order valence-electron chi connectivity index (χ2n) is 8.84. The fourth-order valence-electron chi connectivity index (χ4n) is 4.23. The van der Waals surface area contributed by atoms with Crippen LogP contribution in [0.25, 0.3) is 22.1 Å². The number of methoxy groups -OCH3 is 3. The SMILES string of the molecule is COc1cc2c(NSc3c(OC)cc(-c4cccnc4)cc3OC)noc2cc1Nc1cc(C2CC2)[nH]n1. The minimum Gasteiger partial charge on any atom is -0.495 e. The van der Waals surface area contributed by atoms with Crippen LogP contribution in [0.1, 0.15) is 24.5 Å². The molecule has 0 saturated heterocycles. The van der Waals surface area contributed by atoms with Crippen LogP contribution in [0.2, 0.25) is 0 Å². The highest BCUT2D eigenvalue weighted by Crippen LogP contribution is 2.43. The molecule has 3 aromatic heterocycles. The topological polar surface area (TPSA) is 119 Å². The Bertz CT molecular complexity index is 1560. The third-order valence-electron chi connectivity index (χ3n) is 6.37. The van der Waals surface area contributed by atoms with Gasteiger partial charge in [-0.15, -0.1) is 0 Å². The predicted molar refractivity (Wildman–Crippen MR) is 147 cm³/mol. The third-order valence-corrected chi connectivity index (χ3v) is 7.28. The van der Waals surface area contributed by atoms with Crippen molar-refractivity contribution in [2.24, 2.45) is 0 Å². The van der Waals surface area contributed by atoms with Crippen molar-refractivity contribution in [1.29, 1.82) is 0 Å². The van der Waals surface area contributed by atoms with Crippen molar-refractivity contribution in [3.05, 3.63) is 60.6 Å². The molecule has 5 aromatic rings. The van der Waals surface area contributed by atoms with Crippen molar-refractivity contribution in [3.63, 3.8) is 0 Å². The quantitative estimate of drug-likeness (QED) is 0.175. The van der Waals surface area contributed by atoms with Crippen molar-refractivity contribution in [1.82, 2.24) is 20.3 Å². The molecule has 11 heteroatoms. The van der Waals surface area contributed by atoms with Gasteiger partial charge >= 0.3 is 0 Å². The molecule has 0 bridgehead atoms. The average Bonchev–Trinajstić information content (AvgIpc) is 3.59. The Kier molecular flexibility index (Phi) is 6.42. The van der Waals surface area contributed by atoms with Crippen LogP contribution in [0.5, 0.6) is 17.2 Å². The lowest BCUT2D eigenvalue weighted by Crippen LogP contribution is -1.97. The lowest BCUT2D eigenvalue weighted by Gasteiger charge is -2.15. The monoisotopic (exact) mass is 530 g/mol. The van der Waals surface area contributed by atoms with Crippen molar-refractivity contribution < 1.29 is 18.7 Å². The molecule has 3 heterocycles. The number of aromatic amines is 1. The van der Waals surface area contributed by atoms with Crippen LogP contribution in [-0.2, 0) is 0 Å². The van der Waals surface area contributed by atoms with Crippen molar-refractivity contribution in [2.75, 3.05) is 31.4 Å². The molecule has 0 amide bonds. The molecule has 2 aromatic carbocycles. The molecule has 6 rings (SSSR count). The first-order valence-corrected chi connectivity index (χ1v) is 12.9. The zero-order valence-electron chi connectivity index (χ0n) is 21.1. The summed E-state index contributed by atoms with van der Waals surface area (Å²) >= 11 is 1.32. The van der Waals surface area contributed by atoms with Gasteiger partial charge in [0.15, 0.2) is 17.2 Å². The standard InChI is InChI=1S/C27H26N6O4S/c1-34-22-11-18-21(12-20(22)29-25-13-19(30-31-25)15-6-7-15)37-32-27(18)33-38-26-23(35-2)9-17(10-24(26)36-3)16-5-4-8-28-14-16/h4-5,8-15H,6-7H2,1-3H3,(H,32,33)(H2,29,30,31). The molecule has 38 heavy (non-hydrogen) atoms. The number of pyridine rings is 1. The number of hydrogen-bond acceptors (Lipinski definition) is 10. The number of anilines is 3. The summed E-state index contributed by atoms with van der Waals surface area (Å²) < 4.78 is 26.0. The summed E-state index contributed by atoms with van der Waals surface area (Å²) in [5, 5.41) is 15.8. The van der Waals surface area contributed by atoms with Crippen molar-refractivity contribution in [3.8, 4) is 28.4 Å². The van der Waals surface area contributed by atoms with Gasteiger partial charge in [-0.1, -0.05) is 11.2 Å². The highest BCUT2D eigenvalue weighted by molar-refractivity contribution is 8.00. The molecular weight excluding hydrogens is 504 g/mol. The van der Waals surface area contributed by atoms with E-state index in [4.69, 9.17) is 18.7 Å². The number of benzene rings is 2. The van der Waals surface area contributed by atoms with Crippen LogP contribution in [0.3, 0.4) is 0 Å². The van der Waals surface area contributed by atoms with E-state index in [1.807, 2.05) is 42.5 Å². The Balaban J connectivity index is 1.26. The van der Waals surface area contributed by atoms with Crippen LogP contribution < -0.4 is 24.2 Å². The van der Waals surface area contributed by atoms with E-state index in [0.29, 0.717) is 34.6 Å².